The van der Waals surface area contributed by atoms with Gasteiger partial charge in [0.2, 0.25) is 0 Å². The number of carbonyl (C=O) groups excluding carboxylic acids is 3. The van der Waals surface area contributed by atoms with E-state index in [4.69, 9.17) is 9.47 Å². The molecular formula is C30H32FN5O5. The van der Waals surface area contributed by atoms with E-state index in [1.165, 1.54) is 19.2 Å². The smallest absolute Gasteiger partial charge is 0.322 e. The van der Waals surface area contributed by atoms with Crippen LogP contribution >= 0.6 is 0 Å². The number of ether oxygens (including phenoxy) is 2. The van der Waals surface area contributed by atoms with Crippen LogP contribution in [-0.2, 0) is 4.74 Å². The highest BCUT2D eigenvalue weighted by molar-refractivity contribution is 6.06. The summed E-state index contributed by atoms with van der Waals surface area (Å²) in [5, 5.41) is 5.51. The van der Waals surface area contributed by atoms with Gasteiger partial charge in [0.15, 0.2) is 0 Å². The molecule has 11 heteroatoms. The third kappa shape index (κ3) is 6.58. The molecule has 0 saturated carbocycles. The molecule has 2 fully saturated rings. The number of anilines is 3. The summed E-state index contributed by atoms with van der Waals surface area (Å²) in [5.41, 5.74) is 2.22. The third-order valence-electron chi connectivity index (χ3n) is 7.14. The molecule has 2 aliphatic rings. The molecule has 0 aromatic heterocycles. The van der Waals surface area contributed by atoms with E-state index in [-0.39, 0.29) is 23.5 Å². The van der Waals surface area contributed by atoms with Crippen LogP contribution in [-0.4, -0.2) is 87.2 Å². The Labute approximate surface area is 237 Å². The topological polar surface area (TPSA) is 103 Å². The molecule has 0 unspecified atom stereocenters. The van der Waals surface area contributed by atoms with Gasteiger partial charge in [-0.1, -0.05) is 18.2 Å². The minimum Gasteiger partial charge on any atom is -0.497 e. The second kappa shape index (κ2) is 12.7. The summed E-state index contributed by atoms with van der Waals surface area (Å²) < 4.78 is 24.6. The van der Waals surface area contributed by atoms with Crippen molar-refractivity contribution in [3.05, 3.63) is 83.7 Å². The van der Waals surface area contributed by atoms with Gasteiger partial charge in [-0.2, -0.15) is 0 Å². The van der Waals surface area contributed by atoms with Crippen molar-refractivity contribution in [2.75, 3.05) is 75.1 Å². The minimum absolute atomic E-state index is 0.130. The fourth-order valence-electron chi connectivity index (χ4n) is 4.87. The van der Waals surface area contributed by atoms with Crippen molar-refractivity contribution >= 4 is 34.9 Å². The summed E-state index contributed by atoms with van der Waals surface area (Å²) in [6.07, 6.45) is 0. The minimum atomic E-state index is -0.496. The van der Waals surface area contributed by atoms with Crippen LogP contribution in [0.4, 0.5) is 26.2 Å². The molecule has 41 heavy (non-hydrogen) atoms. The van der Waals surface area contributed by atoms with Crippen molar-refractivity contribution in [3.8, 4) is 5.75 Å². The van der Waals surface area contributed by atoms with Crippen LogP contribution in [0, 0.1) is 5.82 Å². The Bertz CT molecular complexity index is 1420. The highest BCUT2D eigenvalue weighted by Crippen LogP contribution is 2.28. The van der Waals surface area contributed by atoms with Crippen molar-refractivity contribution in [2.45, 2.75) is 0 Å². The number of halogens is 1. The number of hydrogen-bond acceptors (Lipinski definition) is 6. The number of rotatable bonds is 6. The Balaban J connectivity index is 1.33. The summed E-state index contributed by atoms with van der Waals surface area (Å²) in [4.78, 5) is 44.8. The maximum atomic E-state index is 14.0. The summed E-state index contributed by atoms with van der Waals surface area (Å²) >= 11 is 0. The maximum absolute atomic E-state index is 14.0. The Morgan fingerprint density at radius 1 is 0.829 bits per heavy atom. The molecule has 3 aromatic rings. The quantitative estimate of drug-likeness (QED) is 0.473. The van der Waals surface area contributed by atoms with Crippen molar-refractivity contribution in [1.29, 1.82) is 0 Å². The first-order valence-electron chi connectivity index (χ1n) is 13.4. The molecule has 2 heterocycles. The van der Waals surface area contributed by atoms with E-state index < -0.39 is 5.82 Å². The van der Waals surface area contributed by atoms with E-state index in [1.54, 1.807) is 58.3 Å². The van der Waals surface area contributed by atoms with Gasteiger partial charge < -0.3 is 34.8 Å². The SMILES string of the molecule is COc1cccc(C(=O)Nc2ccc(N3CCN(C(=O)Nc4ccccc4F)CC3)c(C(=O)N3CCOCC3)c2)c1. The zero-order valence-corrected chi connectivity index (χ0v) is 22.8. The van der Waals surface area contributed by atoms with Gasteiger partial charge >= 0.3 is 6.03 Å². The molecule has 0 atom stereocenters. The van der Waals surface area contributed by atoms with Crippen LogP contribution in [0.5, 0.6) is 5.75 Å². The second-order valence-electron chi connectivity index (χ2n) is 9.71. The number of piperazine rings is 1. The average molecular weight is 562 g/mol. The van der Waals surface area contributed by atoms with E-state index >= 15 is 0 Å². The van der Waals surface area contributed by atoms with Gasteiger partial charge in [-0.3, -0.25) is 9.59 Å². The van der Waals surface area contributed by atoms with E-state index in [0.29, 0.717) is 75.0 Å². The lowest BCUT2D eigenvalue weighted by atomic mass is 10.1. The molecule has 0 spiro atoms. The number of nitrogens with one attached hydrogen (secondary N) is 2. The van der Waals surface area contributed by atoms with Crippen molar-refractivity contribution < 1.29 is 28.2 Å². The first-order valence-corrected chi connectivity index (χ1v) is 13.4. The van der Waals surface area contributed by atoms with Gasteiger partial charge in [0, 0.05) is 56.2 Å². The summed E-state index contributed by atoms with van der Waals surface area (Å²) in [6.45, 7) is 3.60. The zero-order valence-electron chi connectivity index (χ0n) is 22.8. The van der Waals surface area contributed by atoms with Crippen molar-refractivity contribution in [1.82, 2.24) is 9.80 Å². The molecule has 0 radical (unpaired) electrons. The predicted octanol–water partition coefficient (Wildman–Crippen LogP) is 3.91. The standard InChI is InChI=1S/C30H32FN5O5/c1-40-23-6-4-5-21(19-23)28(37)32-22-9-10-27(24(20-22)29(38)35-15-17-41-18-16-35)34-11-13-36(14-12-34)30(39)33-26-8-3-2-7-25(26)31/h2-10,19-20H,11-18H2,1H3,(H,32,37)(H,33,39). The molecule has 10 nitrogen and oxygen atoms in total. The summed E-state index contributed by atoms with van der Waals surface area (Å²) in [7, 11) is 1.54. The Kier molecular flexibility index (Phi) is 8.64. The van der Waals surface area contributed by atoms with Gasteiger partial charge in [-0.25, -0.2) is 9.18 Å². The lowest BCUT2D eigenvalue weighted by Gasteiger charge is -2.37. The second-order valence-corrected chi connectivity index (χ2v) is 9.71. The number of methoxy groups -OCH3 is 1. The fourth-order valence-corrected chi connectivity index (χ4v) is 4.87. The number of urea groups is 1. The highest BCUT2D eigenvalue weighted by Gasteiger charge is 2.27. The molecule has 4 amide bonds. The zero-order chi connectivity index (χ0) is 28.8. The molecule has 2 saturated heterocycles. The van der Waals surface area contributed by atoms with Crippen LogP contribution in [0.1, 0.15) is 20.7 Å². The summed E-state index contributed by atoms with van der Waals surface area (Å²) in [6, 6.07) is 17.8. The first-order chi connectivity index (χ1) is 19.9. The largest absolute Gasteiger partial charge is 0.497 e. The Hall–Kier alpha value is -4.64. The average Bonchev–Trinajstić information content (AvgIpc) is 3.02. The summed E-state index contributed by atoms with van der Waals surface area (Å²) in [5.74, 6) is -0.404. The van der Waals surface area contributed by atoms with Gasteiger partial charge in [-0.15, -0.1) is 0 Å². The highest BCUT2D eigenvalue weighted by atomic mass is 19.1. The predicted molar refractivity (Wildman–Crippen MR) is 153 cm³/mol. The number of amides is 4. The molecular weight excluding hydrogens is 529 g/mol. The van der Waals surface area contributed by atoms with Gasteiger partial charge in [-0.05, 0) is 48.5 Å². The van der Waals surface area contributed by atoms with E-state index in [0.717, 1.165) is 5.69 Å². The number of para-hydroxylation sites is 1. The van der Waals surface area contributed by atoms with Crippen LogP contribution < -0.4 is 20.3 Å². The molecule has 214 valence electrons. The van der Waals surface area contributed by atoms with E-state index in [1.807, 2.05) is 11.0 Å². The van der Waals surface area contributed by atoms with Crippen molar-refractivity contribution in [2.24, 2.45) is 0 Å². The number of benzene rings is 3. The number of hydrogen-bond donors (Lipinski definition) is 2. The molecule has 3 aromatic carbocycles. The monoisotopic (exact) mass is 561 g/mol. The van der Waals surface area contributed by atoms with Crippen LogP contribution in [0.15, 0.2) is 66.7 Å². The van der Waals surface area contributed by atoms with Crippen LogP contribution in [0.25, 0.3) is 0 Å². The van der Waals surface area contributed by atoms with Gasteiger partial charge in [0.25, 0.3) is 11.8 Å². The van der Waals surface area contributed by atoms with Gasteiger partial charge in [0.05, 0.1) is 31.6 Å². The van der Waals surface area contributed by atoms with E-state index in [2.05, 4.69) is 10.6 Å². The first kappa shape index (κ1) is 27.9. The van der Waals surface area contributed by atoms with Crippen LogP contribution in [0.3, 0.4) is 0 Å². The molecule has 2 N–H and O–H groups in total. The lowest BCUT2D eigenvalue weighted by Crippen LogP contribution is -2.50. The van der Waals surface area contributed by atoms with Gasteiger partial charge in [0.1, 0.15) is 11.6 Å². The van der Waals surface area contributed by atoms with Crippen molar-refractivity contribution in [3.63, 3.8) is 0 Å². The maximum Gasteiger partial charge on any atom is 0.322 e. The molecule has 5 rings (SSSR count). The van der Waals surface area contributed by atoms with E-state index in [9.17, 15) is 18.8 Å². The van der Waals surface area contributed by atoms with Crippen LogP contribution in [0.2, 0.25) is 0 Å². The fraction of sp³-hybridized carbons (Fsp3) is 0.300. The number of carbonyl (C=O) groups is 3. The number of morpholine rings is 1. The number of nitrogens with zero attached hydrogens (tertiary/aromatic N) is 3. The third-order valence-corrected chi connectivity index (χ3v) is 7.14. The molecule has 2 aliphatic heterocycles. The Morgan fingerprint density at radius 3 is 2.32 bits per heavy atom. The molecule has 0 bridgehead atoms. The lowest BCUT2D eigenvalue weighted by molar-refractivity contribution is 0.0303. The Morgan fingerprint density at radius 2 is 1.59 bits per heavy atom. The molecule has 0 aliphatic carbocycles. The normalized spacial score (nSPS) is 15.3.